The zero-order chi connectivity index (χ0) is 15.2. The summed E-state index contributed by atoms with van der Waals surface area (Å²) in [5.74, 6) is 1.96. The van der Waals surface area contributed by atoms with Crippen molar-refractivity contribution >= 4 is 11.9 Å². The maximum atomic E-state index is 10.8. The molecule has 0 saturated heterocycles. The lowest BCUT2D eigenvalue weighted by atomic mass is 10.1. The van der Waals surface area contributed by atoms with Gasteiger partial charge in [-0.05, 0) is 6.42 Å². The Morgan fingerprint density at radius 3 is 2.00 bits per heavy atom. The maximum Gasteiger partial charge on any atom is 0.319 e. The second-order valence-electron chi connectivity index (χ2n) is 5.03. The molecule has 0 aromatic carbocycles. The van der Waals surface area contributed by atoms with Crippen LogP contribution in [-0.2, 0) is 9.59 Å². The van der Waals surface area contributed by atoms with Crippen molar-refractivity contribution in [3.8, 4) is 11.8 Å². The number of unbranched alkanes of at least 4 members (excludes halogenated alkanes) is 8. The normalized spacial score (nSPS) is 11.4. The third-order valence-corrected chi connectivity index (χ3v) is 3.11. The molecule has 0 heterocycles. The molecule has 114 valence electrons. The zero-order valence-corrected chi connectivity index (χ0v) is 12.4. The summed E-state index contributed by atoms with van der Waals surface area (Å²) < 4.78 is 0. The topological polar surface area (TPSA) is 74.6 Å². The second-order valence-corrected chi connectivity index (χ2v) is 5.03. The van der Waals surface area contributed by atoms with Gasteiger partial charge in [-0.2, -0.15) is 0 Å². The molecule has 0 radical (unpaired) electrons. The average molecular weight is 282 g/mol. The van der Waals surface area contributed by atoms with Crippen LogP contribution in [0.2, 0.25) is 0 Å². The van der Waals surface area contributed by atoms with Crippen LogP contribution in [-0.4, -0.2) is 22.2 Å². The minimum Gasteiger partial charge on any atom is -0.481 e. The summed E-state index contributed by atoms with van der Waals surface area (Å²) in [6.07, 6.45) is 9.91. The van der Waals surface area contributed by atoms with E-state index in [-0.39, 0.29) is 0 Å². The summed E-state index contributed by atoms with van der Waals surface area (Å²) in [5.41, 5.74) is 0. The highest BCUT2D eigenvalue weighted by atomic mass is 16.4. The molecule has 0 aliphatic rings. The average Bonchev–Trinajstić information content (AvgIpc) is 2.39. The summed E-state index contributed by atoms with van der Waals surface area (Å²) in [5, 5.41) is 17.4. The molecule has 4 nitrogen and oxygen atoms in total. The Labute approximate surface area is 121 Å². The lowest BCUT2D eigenvalue weighted by molar-refractivity contribution is -0.146. The summed E-state index contributed by atoms with van der Waals surface area (Å²) in [6.45, 7) is 2.20. The minimum atomic E-state index is -1.16. The third kappa shape index (κ3) is 11.6. The monoisotopic (exact) mass is 282 g/mol. The van der Waals surface area contributed by atoms with E-state index in [0.29, 0.717) is 6.42 Å². The summed E-state index contributed by atoms with van der Waals surface area (Å²) >= 11 is 0. The van der Waals surface area contributed by atoms with Gasteiger partial charge in [0.1, 0.15) is 5.92 Å². The van der Waals surface area contributed by atoms with Gasteiger partial charge in [-0.3, -0.25) is 9.59 Å². The van der Waals surface area contributed by atoms with E-state index in [4.69, 9.17) is 10.2 Å². The van der Waals surface area contributed by atoms with Crippen molar-refractivity contribution in [2.45, 2.75) is 71.1 Å². The smallest absolute Gasteiger partial charge is 0.319 e. The van der Waals surface area contributed by atoms with Crippen LogP contribution in [0.4, 0.5) is 0 Å². The van der Waals surface area contributed by atoms with E-state index in [1.54, 1.807) is 0 Å². The Kier molecular flexibility index (Phi) is 11.6. The molecule has 0 amide bonds. The first-order chi connectivity index (χ1) is 9.57. The van der Waals surface area contributed by atoms with E-state index >= 15 is 0 Å². The number of hydrogen-bond donors (Lipinski definition) is 2. The molecule has 2 N–H and O–H groups in total. The van der Waals surface area contributed by atoms with Gasteiger partial charge in [-0.15, -0.1) is 5.92 Å². The van der Waals surface area contributed by atoms with Crippen molar-refractivity contribution < 1.29 is 19.8 Å². The summed E-state index contributed by atoms with van der Waals surface area (Å²) in [4.78, 5) is 21.2. The molecule has 0 rings (SSSR count). The lowest BCUT2D eigenvalue weighted by Crippen LogP contribution is -2.15. The molecule has 0 saturated carbocycles. The highest BCUT2D eigenvalue weighted by Gasteiger charge is 2.17. The minimum absolute atomic E-state index is 0.431. The first-order valence-electron chi connectivity index (χ1n) is 7.51. The molecule has 0 aliphatic heterocycles. The van der Waals surface area contributed by atoms with Crippen LogP contribution in [0.5, 0.6) is 0 Å². The Morgan fingerprint density at radius 1 is 0.950 bits per heavy atom. The van der Waals surface area contributed by atoms with Crippen LogP contribution >= 0.6 is 0 Å². The van der Waals surface area contributed by atoms with E-state index in [0.717, 1.165) is 12.8 Å². The Bertz CT molecular complexity index is 338. The fourth-order valence-corrected chi connectivity index (χ4v) is 1.92. The first kappa shape index (κ1) is 18.5. The van der Waals surface area contributed by atoms with E-state index < -0.39 is 24.3 Å². The number of rotatable bonds is 11. The highest BCUT2D eigenvalue weighted by Crippen LogP contribution is 2.09. The van der Waals surface area contributed by atoms with E-state index in [1.165, 1.54) is 38.5 Å². The van der Waals surface area contributed by atoms with Gasteiger partial charge < -0.3 is 10.2 Å². The number of carboxylic acid groups (broad SMARTS) is 2. The standard InChI is InChI=1S/C16H26O4/c1-2-3-4-5-6-7-8-9-10-11-12-14(16(19)20)13-15(17)18/h14H,2-10,13H2,1H3,(H,17,18)(H,19,20). The molecule has 0 bridgehead atoms. The molecule has 1 unspecified atom stereocenters. The van der Waals surface area contributed by atoms with Crippen molar-refractivity contribution in [3.05, 3.63) is 0 Å². The first-order valence-corrected chi connectivity index (χ1v) is 7.51. The van der Waals surface area contributed by atoms with Crippen LogP contribution in [0.25, 0.3) is 0 Å². The fourth-order valence-electron chi connectivity index (χ4n) is 1.92. The molecule has 0 aromatic heterocycles. The molecular formula is C16H26O4. The SMILES string of the molecule is CCCCCCCCCCC#CC(CC(=O)O)C(=O)O. The second kappa shape index (κ2) is 12.5. The Morgan fingerprint density at radius 2 is 1.50 bits per heavy atom. The van der Waals surface area contributed by atoms with Crippen LogP contribution in [0.1, 0.15) is 71.1 Å². The van der Waals surface area contributed by atoms with Gasteiger partial charge >= 0.3 is 11.9 Å². The molecule has 20 heavy (non-hydrogen) atoms. The van der Waals surface area contributed by atoms with Crippen LogP contribution in [0.3, 0.4) is 0 Å². The van der Waals surface area contributed by atoms with Gasteiger partial charge in [0.25, 0.3) is 0 Å². The lowest BCUT2D eigenvalue weighted by Gasteiger charge is -2.00. The van der Waals surface area contributed by atoms with Gasteiger partial charge in [-0.1, -0.05) is 57.8 Å². The van der Waals surface area contributed by atoms with Crippen LogP contribution < -0.4 is 0 Å². The third-order valence-electron chi connectivity index (χ3n) is 3.11. The quantitative estimate of drug-likeness (QED) is 0.447. The number of carboxylic acids is 2. The van der Waals surface area contributed by atoms with Crippen molar-refractivity contribution in [2.75, 3.05) is 0 Å². The number of hydrogen-bond acceptors (Lipinski definition) is 2. The Hall–Kier alpha value is -1.50. The molecule has 0 spiro atoms. The van der Waals surface area contributed by atoms with Gasteiger partial charge in [0.15, 0.2) is 0 Å². The predicted octanol–water partition coefficient (Wildman–Crippen LogP) is 3.70. The van der Waals surface area contributed by atoms with Gasteiger partial charge in [-0.25, -0.2) is 0 Å². The van der Waals surface area contributed by atoms with Crippen molar-refractivity contribution in [2.24, 2.45) is 5.92 Å². The van der Waals surface area contributed by atoms with E-state index in [9.17, 15) is 9.59 Å². The van der Waals surface area contributed by atoms with Crippen molar-refractivity contribution in [1.29, 1.82) is 0 Å². The van der Waals surface area contributed by atoms with Crippen molar-refractivity contribution in [1.82, 2.24) is 0 Å². The van der Waals surface area contributed by atoms with E-state index in [2.05, 4.69) is 18.8 Å². The molecular weight excluding hydrogens is 256 g/mol. The maximum absolute atomic E-state index is 10.8. The molecule has 0 fully saturated rings. The Balaban J connectivity index is 3.64. The largest absolute Gasteiger partial charge is 0.481 e. The van der Waals surface area contributed by atoms with Crippen molar-refractivity contribution in [3.63, 3.8) is 0 Å². The van der Waals surface area contributed by atoms with Gasteiger partial charge in [0.2, 0.25) is 0 Å². The summed E-state index contributed by atoms with van der Waals surface area (Å²) in [6, 6.07) is 0. The molecule has 4 heteroatoms. The number of aliphatic carboxylic acids is 2. The zero-order valence-electron chi connectivity index (χ0n) is 12.4. The molecule has 0 aliphatic carbocycles. The highest BCUT2D eigenvalue weighted by molar-refractivity contribution is 5.80. The van der Waals surface area contributed by atoms with Gasteiger partial charge in [0.05, 0.1) is 6.42 Å². The molecule has 0 aromatic rings. The molecule has 1 atom stereocenters. The van der Waals surface area contributed by atoms with Gasteiger partial charge in [0, 0.05) is 6.42 Å². The number of carbonyl (C=O) groups is 2. The predicted molar refractivity (Wildman–Crippen MR) is 78.4 cm³/mol. The van der Waals surface area contributed by atoms with Crippen LogP contribution in [0.15, 0.2) is 0 Å². The van der Waals surface area contributed by atoms with Crippen LogP contribution in [0, 0.1) is 17.8 Å². The fraction of sp³-hybridized carbons (Fsp3) is 0.750. The summed E-state index contributed by atoms with van der Waals surface area (Å²) in [7, 11) is 0. The van der Waals surface area contributed by atoms with E-state index in [1.807, 2.05) is 0 Å².